The maximum absolute atomic E-state index is 11.3. The molecule has 2 unspecified atom stereocenters. The third-order valence-corrected chi connectivity index (χ3v) is 9.89. The Kier molecular flexibility index (Phi) is 77.0. The molecule has 0 fully saturated rings. The zero-order valence-corrected chi connectivity index (χ0v) is 48.0. The van der Waals surface area contributed by atoms with Crippen molar-refractivity contribution in [1.82, 2.24) is 0 Å². The van der Waals surface area contributed by atoms with E-state index in [2.05, 4.69) is 36.4 Å². The number of ether oxygens (including phenoxy) is 3. The molecule has 2 atom stereocenters. The monoisotopic (exact) mass is 1030 g/mol. The van der Waals surface area contributed by atoms with Gasteiger partial charge in [0.25, 0.3) is 0 Å². The molecule has 0 spiro atoms. The smallest absolute Gasteiger partial charge is 0.870 e. The van der Waals surface area contributed by atoms with Gasteiger partial charge < -0.3 is 44.6 Å². The minimum absolute atomic E-state index is 0. The number of carboxylic acids is 2. The minimum Gasteiger partial charge on any atom is -0.870 e. The van der Waals surface area contributed by atoms with Crippen LogP contribution in [0.15, 0.2) is 11.1 Å². The van der Waals surface area contributed by atoms with E-state index < -0.39 is 47.3 Å². The number of carbonyl (C=O) groups excluding carboxylic acids is 4. The summed E-state index contributed by atoms with van der Waals surface area (Å²) in [6.07, 6.45) is 4.48. The number of nitriles is 3. The van der Waals surface area contributed by atoms with Gasteiger partial charge in [-0.05, 0) is 75.7 Å². The van der Waals surface area contributed by atoms with Crippen LogP contribution in [-0.2, 0) is 43.0 Å². The number of nitrogens with zero attached hydrogens (tertiary/aromatic N) is 4. The van der Waals surface area contributed by atoms with Crippen LogP contribution in [0, 0.1) is 68.1 Å². The molecule has 0 saturated carbocycles. The Labute approximate surface area is 469 Å². The second-order valence-electron chi connectivity index (χ2n) is 17.2. The van der Waals surface area contributed by atoms with Gasteiger partial charge in [0, 0.05) is 18.3 Å². The SMILES string of the molecule is C.C.C.CCC(C)(C)C(O)C(=O)O.CCC(C)(C)CC#N.CCC(C)(C)CC(=O)O.CCC(C)=O.CCOC(=O)/C(C#N)=C(\C)CC.CCOC(=O)C(C#N)C(C)(C)CC.[C-]#[N+]CC(=O)OCC.[K+].[OH-]. The van der Waals surface area contributed by atoms with E-state index in [1.54, 1.807) is 48.5 Å². The summed E-state index contributed by atoms with van der Waals surface area (Å²) in [5, 5.41) is 51.6. The van der Waals surface area contributed by atoms with Crippen molar-refractivity contribution in [2.45, 2.75) is 211 Å². The summed E-state index contributed by atoms with van der Waals surface area (Å²) in [6, 6.07) is 6.00. The van der Waals surface area contributed by atoms with Gasteiger partial charge in [-0.25, -0.2) is 21.0 Å². The Hall–Kier alpha value is -3.72. The van der Waals surface area contributed by atoms with Crippen molar-refractivity contribution >= 4 is 35.6 Å². The van der Waals surface area contributed by atoms with Crippen LogP contribution in [0.2, 0.25) is 0 Å². The summed E-state index contributed by atoms with van der Waals surface area (Å²) in [5.41, 5.74) is 0.281. The van der Waals surface area contributed by atoms with Crippen molar-refractivity contribution < 1.29 is 115 Å². The second-order valence-corrected chi connectivity index (χ2v) is 17.2. The Bertz CT molecular complexity index is 1580. The van der Waals surface area contributed by atoms with Crippen LogP contribution in [0.1, 0.15) is 205 Å². The Morgan fingerprint density at radius 3 is 1.26 bits per heavy atom. The second kappa shape index (κ2) is 56.2. The summed E-state index contributed by atoms with van der Waals surface area (Å²) in [4.78, 5) is 65.7. The molecule has 0 aliphatic rings. The summed E-state index contributed by atoms with van der Waals surface area (Å²) in [6.45, 7) is 42.6. The summed E-state index contributed by atoms with van der Waals surface area (Å²) >= 11 is 0. The van der Waals surface area contributed by atoms with Crippen molar-refractivity contribution in [3.63, 3.8) is 0 Å². The Morgan fingerprint density at radius 1 is 0.657 bits per heavy atom. The van der Waals surface area contributed by atoms with Crippen molar-refractivity contribution in [2.75, 3.05) is 26.4 Å². The third kappa shape index (κ3) is 60.4. The van der Waals surface area contributed by atoms with Crippen LogP contribution >= 0.6 is 0 Å². The number of ketones is 1. The molecule has 0 heterocycles. The molecule has 0 bridgehead atoms. The first kappa shape index (κ1) is 95.9. The van der Waals surface area contributed by atoms with E-state index in [1.807, 2.05) is 74.5 Å². The molecule has 4 N–H and O–H groups in total. The van der Waals surface area contributed by atoms with E-state index in [0.717, 1.165) is 24.8 Å². The molecule has 0 aliphatic carbocycles. The van der Waals surface area contributed by atoms with E-state index >= 15 is 0 Å². The number of aliphatic carboxylic acids is 2. The van der Waals surface area contributed by atoms with E-state index in [0.29, 0.717) is 45.5 Å². The number of aliphatic hydroxyl groups excluding tert-OH is 1. The number of hydrogen-bond acceptors (Lipinski definition) is 14. The summed E-state index contributed by atoms with van der Waals surface area (Å²) in [7, 11) is 0. The Morgan fingerprint density at radius 2 is 1.06 bits per heavy atom. The van der Waals surface area contributed by atoms with Gasteiger partial charge >= 0.3 is 87.8 Å². The fraction of sp³-hybridized carbons (Fsp3) is 0.769. The molecule has 18 heteroatoms. The maximum atomic E-state index is 11.3. The zero-order valence-electron chi connectivity index (χ0n) is 44.9. The van der Waals surface area contributed by atoms with Crippen LogP contribution in [0.3, 0.4) is 0 Å². The number of rotatable bonds is 18. The van der Waals surface area contributed by atoms with E-state index in [9.17, 15) is 28.8 Å². The zero-order chi connectivity index (χ0) is 53.2. The maximum Gasteiger partial charge on any atom is 1.00 e. The van der Waals surface area contributed by atoms with Gasteiger partial charge in [0.2, 0.25) is 0 Å². The number of carboxylic acid groups (broad SMARTS) is 2. The van der Waals surface area contributed by atoms with Gasteiger partial charge in [0.1, 0.15) is 23.3 Å². The van der Waals surface area contributed by atoms with E-state index in [4.69, 9.17) is 47.2 Å². The van der Waals surface area contributed by atoms with Gasteiger partial charge in [0.15, 0.2) is 6.10 Å². The molecule has 0 aromatic carbocycles. The largest absolute Gasteiger partial charge is 1.00 e. The molecule has 0 aliphatic heterocycles. The van der Waals surface area contributed by atoms with Crippen molar-refractivity contribution in [3.05, 3.63) is 22.6 Å². The average Bonchev–Trinajstić information content (AvgIpc) is 3.22. The number of allylic oxidation sites excluding steroid dienone is 1. The topological polar surface area (TPSA) is 297 Å². The van der Waals surface area contributed by atoms with E-state index in [1.165, 1.54) is 0 Å². The van der Waals surface area contributed by atoms with Gasteiger partial charge in [0.05, 0.1) is 38.4 Å². The molecular weight excluding hydrogens is 928 g/mol. The van der Waals surface area contributed by atoms with Crippen molar-refractivity contribution in [1.29, 1.82) is 15.8 Å². The quantitative estimate of drug-likeness (QED) is 0.0288. The van der Waals surface area contributed by atoms with Crippen LogP contribution in [0.25, 0.3) is 4.85 Å². The van der Waals surface area contributed by atoms with Crippen molar-refractivity contribution in [2.24, 2.45) is 27.6 Å². The molecule has 0 amide bonds. The third-order valence-electron chi connectivity index (χ3n) is 9.89. The first-order valence-electron chi connectivity index (χ1n) is 22.1. The molecule has 17 nitrogen and oxygen atoms in total. The number of esters is 3. The molecule has 406 valence electrons. The number of aliphatic hydroxyl groups is 1. The first-order valence-corrected chi connectivity index (χ1v) is 22.1. The number of carbonyl (C=O) groups is 6. The fourth-order valence-corrected chi connectivity index (χ4v) is 3.34. The molecule has 0 aromatic rings. The average molecular weight is 1030 g/mol. The van der Waals surface area contributed by atoms with Gasteiger partial charge in [-0.15, -0.1) is 0 Å². The molecular formula is C52H99KN4O13. The van der Waals surface area contributed by atoms with Crippen LogP contribution < -0.4 is 51.4 Å². The number of Topliss-reactive ketones (excluding diaryl/α,β-unsaturated/α-hetero) is 1. The number of hydrogen-bond donors (Lipinski definition) is 3. The summed E-state index contributed by atoms with van der Waals surface area (Å²) < 4.78 is 13.9. The van der Waals surface area contributed by atoms with Crippen LogP contribution in [-0.4, -0.2) is 88.9 Å². The summed E-state index contributed by atoms with van der Waals surface area (Å²) in [5.74, 6) is -3.62. The molecule has 0 aromatic heterocycles. The van der Waals surface area contributed by atoms with Gasteiger partial charge in [-0.1, -0.05) is 132 Å². The van der Waals surface area contributed by atoms with Crippen LogP contribution in [0.5, 0.6) is 0 Å². The fourth-order valence-electron chi connectivity index (χ4n) is 3.34. The van der Waals surface area contributed by atoms with Gasteiger partial charge in [-0.3, -0.25) is 9.59 Å². The minimum atomic E-state index is -1.25. The predicted octanol–water partition coefficient (Wildman–Crippen LogP) is 9.22. The van der Waals surface area contributed by atoms with Crippen LogP contribution in [0.4, 0.5) is 0 Å². The molecule has 0 saturated heterocycles. The first-order chi connectivity index (χ1) is 29.7. The molecule has 0 radical (unpaired) electrons. The Balaban J connectivity index is -0.0000000562. The molecule has 70 heavy (non-hydrogen) atoms. The normalized spacial score (nSPS) is 10.6. The standard InChI is InChI=1S/C10H17NO2.C9H13NO2.C7H13N.C7H14O3.C7H14O2.C5H7NO2.C4H8O.3CH4.K.H2O/c1-5-10(3,4)8(7-11)9(12)13-6-2;1-4-7(3)8(6-10)9(11)12-5-2;1-4-7(2,3)5-6-8;1-4-7(2,3)5(8)6(9)10;1-4-7(2,3)5-6(8)9;1-3-8-5(7)4-6-2;1-3-4(2)5;;;;;/h8H,5-6H2,1-4H3;4-5H2,1-3H3;4-5H2,1-3H3;5,8H,4H2,1-3H3,(H,9,10);4-5H2,1-3H3,(H,8,9);3-4H2,1H3;3H2,1-2H3;3*1H4;;1H2/q;;;;;;;;;;+1;/p-1/b;8-7+;;;;;;;;;;. The molecule has 0 rings (SSSR count). The predicted molar refractivity (Wildman–Crippen MR) is 275 cm³/mol. The van der Waals surface area contributed by atoms with E-state index in [-0.39, 0.29) is 120 Å². The van der Waals surface area contributed by atoms with Gasteiger partial charge in [-0.2, -0.15) is 15.8 Å². The van der Waals surface area contributed by atoms with Crippen molar-refractivity contribution in [3.8, 4) is 18.2 Å².